The highest BCUT2D eigenvalue weighted by Gasteiger charge is 2.18. The maximum Gasteiger partial charge on any atom is 0.0716 e. The summed E-state index contributed by atoms with van der Waals surface area (Å²) in [6.45, 7) is 4.51. The molecule has 0 bridgehead atoms. The van der Waals surface area contributed by atoms with E-state index in [-0.39, 0.29) is 5.92 Å². The predicted molar refractivity (Wildman–Crippen MR) is 216 cm³/mol. The first-order valence-electron chi connectivity index (χ1n) is 17.4. The molecule has 1 aliphatic carbocycles. The molecular weight excluding hydrogens is 619 g/mol. The van der Waals surface area contributed by atoms with Crippen molar-refractivity contribution < 1.29 is 0 Å². The number of aromatic nitrogens is 1. The van der Waals surface area contributed by atoms with Crippen LogP contribution in [-0.2, 0) is 6.54 Å². The molecule has 0 spiro atoms. The highest BCUT2D eigenvalue weighted by atomic mass is 14.8. The van der Waals surface area contributed by atoms with Crippen molar-refractivity contribution in [3.63, 3.8) is 0 Å². The molecule has 244 valence electrons. The number of fused-ring (bicyclic) bond motifs is 3. The summed E-state index contributed by atoms with van der Waals surface area (Å²) in [5.41, 5.74) is 10.8. The number of hydrogen-bond donors (Lipinski definition) is 0. The van der Waals surface area contributed by atoms with Crippen LogP contribution in [0.3, 0.4) is 0 Å². The first kappa shape index (κ1) is 31.8. The fourth-order valence-corrected chi connectivity index (χ4v) is 6.98. The maximum absolute atomic E-state index is 5.21. The molecule has 1 heterocycles. The van der Waals surface area contributed by atoms with Crippen LogP contribution in [0.2, 0.25) is 0 Å². The van der Waals surface area contributed by atoms with Crippen molar-refractivity contribution in [1.29, 1.82) is 0 Å². The molecule has 8 rings (SSSR count). The lowest BCUT2D eigenvalue weighted by Crippen LogP contribution is -2.06. The van der Waals surface area contributed by atoms with Gasteiger partial charge in [-0.1, -0.05) is 152 Å². The SMILES string of the molecule is C=N/C(=C\C(=N/Cc1ccc(-c2ccccc2)cc1)C1=CCC(c2cc3ccccc3c3ccccc23)C=C1)c1ccc(-c2cccnc2)cc1. The molecule has 3 nitrogen and oxygen atoms in total. The van der Waals surface area contributed by atoms with Crippen molar-refractivity contribution in [1.82, 2.24) is 4.98 Å². The zero-order valence-electron chi connectivity index (χ0n) is 28.4. The minimum atomic E-state index is 0.260. The fourth-order valence-electron chi connectivity index (χ4n) is 6.98. The van der Waals surface area contributed by atoms with E-state index in [1.54, 1.807) is 6.20 Å². The Morgan fingerprint density at radius 3 is 2.08 bits per heavy atom. The van der Waals surface area contributed by atoms with Gasteiger partial charge in [-0.15, -0.1) is 0 Å². The van der Waals surface area contributed by atoms with Crippen LogP contribution in [-0.4, -0.2) is 17.4 Å². The zero-order chi connectivity index (χ0) is 34.4. The summed E-state index contributed by atoms with van der Waals surface area (Å²) < 4.78 is 0. The molecule has 0 amide bonds. The van der Waals surface area contributed by atoms with E-state index in [0.29, 0.717) is 6.54 Å². The molecule has 1 atom stereocenters. The standard InChI is InChI=1S/C48H37N3/c1-49-47(39-25-21-37(22-26-39)42-13-9-29-50-33-42)31-48(51-32-34-17-19-36(20-18-34)35-10-3-2-4-11-35)40-27-23-38(24-28-40)46-30-41-12-5-6-14-43(41)44-15-7-8-16-45(44)46/h2-23,25-31,33,38H,1,24,32H2/b47-31-,51-48+. The van der Waals surface area contributed by atoms with Gasteiger partial charge in [-0.3, -0.25) is 15.0 Å². The lowest BCUT2D eigenvalue weighted by molar-refractivity contribution is 0.859. The number of pyridine rings is 1. The van der Waals surface area contributed by atoms with E-state index in [0.717, 1.165) is 45.7 Å². The van der Waals surface area contributed by atoms with Crippen LogP contribution in [0.15, 0.2) is 198 Å². The minimum absolute atomic E-state index is 0.260. The van der Waals surface area contributed by atoms with Gasteiger partial charge in [0.05, 0.1) is 18.0 Å². The van der Waals surface area contributed by atoms with Gasteiger partial charge in [0.2, 0.25) is 0 Å². The summed E-state index contributed by atoms with van der Waals surface area (Å²) in [4.78, 5) is 14.0. The number of hydrogen-bond acceptors (Lipinski definition) is 3. The van der Waals surface area contributed by atoms with Crippen LogP contribution in [0.1, 0.15) is 29.0 Å². The monoisotopic (exact) mass is 655 g/mol. The van der Waals surface area contributed by atoms with E-state index in [1.165, 1.54) is 38.2 Å². The van der Waals surface area contributed by atoms with Gasteiger partial charge in [-0.05, 0) is 91.8 Å². The predicted octanol–water partition coefficient (Wildman–Crippen LogP) is 12.1. The van der Waals surface area contributed by atoms with Crippen molar-refractivity contribution in [2.24, 2.45) is 9.98 Å². The average Bonchev–Trinajstić information content (AvgIpc) is 3.22. The number of rotatable bonds is 9. The van der Waals surface area contributed by atoms with Crippen LogP contribution in [0, 0.1) is 0 Å². The van der Waals surface area contributed by atoms with Gasteiger partial charge in [-0.25, -0.2) is 0 Å². The van der Waals surface area contributed by atoms with E-state index in [9.17, 15) is 0 Å². The second-order valence-electron chi connectivity index (χ2n) is 12.9. The maximum atomic E-state index is 5.21. The van der Waals surface area contributed by atoms with Gasteiger partial charge < -0.3 is 0 Å². The third-order valence-corrected chi connectivity index (χ3v) is 9.71. The Kier molecular flexibility index (Phi) is 9.09. The number of nitrogens with zero attached hydrogens (tertiary/aromatic N) is 3. The van der Waals surface area contributed by atoms with Crippen molar-refractivity contribution in [2.75, 3.05) is 0 Å². The zero-order valence-corrected chi connectivity index (χ0v) is 28.4. The minimum Gasteiger partial charge on any atom is -0.280 e. The van der Waals surface area contributed by atoms with Gasteiger partial charge in [0.25, 0.3) is 0 Å². The molecular formula is C48H37N3. The van der Waals surface area contributed by atoms with E-state index in [2.05, 4.69) is 174 Å². The molecule has 1 unspecified atom stereocenters. The first-order chi connectivity index (χ1) is 25.2. The highest BCUT2D eigenvalue weighted by Crippen LogP contribution is 2.37. The summed E-state index contributed by atoms with van der Waals surface area (Å²) in [5, 5.41) is 5.17. The second-order valence-corrected chi connectivity index (χ2v) is 12.9. The molecule has 0 radical (unpaired) electrons. The molecule has 0 fully saturated rings. The Labute approximate surface area is 299 Å². The van der Waals surface area contributed by atoms with Crippen molar-refractivity contribution >= 4 is 39.7 Å². The Morgan fingerprint density at radius 2 is 1.35 bits per heavy atom. The van der Waals surface area contributed by atoms with Crippen LogP contribution in [0.4, 0.5) is 0 Å². The van der Waals surface area contributed by atoms with Crippen LogP contribution in [0.25, 0.3) is 49.5 Å². The van der Waals surface area contributed by atoms with Gasteiger partial charge in [0, 0.05) is 23.9 Å². The van der Waals surface area contributed by atoms with E-state index < -0.39 is 0 Å². The lowest BCUT2D eigenvalue weighted by atomic mass is 9.84. The summed E-state index contributed by atoms with van der Waals surface area (Å²) >= 11 is 0. The third-order valence-electron chi connectivity index (χ3n) is 9.71. The molecule has 1 aromatic heterocycles. The summed E-state index contributed by atoms with van der Waals surface area (Å²) in [5.74, 6) is 0.260. The molecule has 51 heavy (non-hydrogen) atoms. The van der Waals surface area contributed by atoms with Gasteiger partial charge in [0.15, 0.2) is 0 Å². The molecule has 0 saturated carbocycles. The largest absolute Gasteiger partial charge is 0.280 e. The molecule has 1 aliphatic rings. The topological polar surface area (TPSA) is 37.6 Å². The van der Waals surface area contributed by atoms with Gasteiger partial charge >= 0.3 is 0 Å². The van der Waals surface area contributed by atoms with Crippen molar-refractivity contribution in [2.45, 2.75) is 18.9 Å². The van der Waals surface area contributed by atoms with E-state index in [4.69, 9.17) is 4.99 Å². The molecule has 3 heteroatoms. The Morgan fingerprint density at radius 1 is 0.686 bits per heavy atom. The highest BCUT2D eigenvalue weighted by molar-refractivity contribution is 6.14. The Bertz CT molecular complexity index is 2450. The number of allylic oxidation sites excluding steroid dienone is 5. The summed E-state index contributed by atoms with van der Waals surface area (Å²) in [7, 11) is 0. The summed E-state index contributed by atoms with van der Waals surface area (Å²) in [6.07, 6.45) is 13.5. The molecule has 0 aliphatic heterocycles. The molecule has 6 aromatic carbocycles. The first-order valence-corrected chi connectivity index (χ1v) is 17.4. The van der Waals surface area contributed by atoms with E-state index in [1.807, 2.05) is 18.3 Å². The molecule has 0 saturated heterocycles. The number of benzene rings is 6. The average molecular weight is 656 g/mol. The molecule has 0 N–H and O–H groups in total. The van der Waals surface area contributed by atoms with Gasteiger partial charge in [0.1, 0.15) is 0 Å². The van der Waals surface area contributed by atoms with Crippen LogP contribution < -0.4 is 0 Å². The Hall–Kier alpha value is -6.45. The van der Waals surface area contributed by atoms with Crippen molar-refractivity contribution in [3.8, 4) is 22.3 Å². The quantitative estimate of drug-likeness (QED) is 0.113. The van der Waals surface area contributed by atoms with E-state index >= 15 is 0 Å². The second kappa shape index (κ2) is 14.6. The number of aliphatic imine (C=N–C) groups is 2. The fraction of sp³-hybridized carbons (Fsp3) is 0.0625. The Balaban J connectivity index is 1.12. The lowest BCUT2D eigenvalue weighted by Gasteiger charge is -2.20. The third kappa shape index (κ3) is 6.88. The van der Waals surface area contributed by atoms with Crippen LogP contribution >= 0.6 is 0 Å². The summed E-state index contributed by atoms with van der Waals surface area (Å²) in [6, 6.07) is 51.4. The van der Waals surface area contributed by atoms with Crippen LogP contribution in [0.5, 0.6) is 0 Å². The smallest absolute Gasteiger partial charge is 0.0716 e. The molecule has 7 aromatic rings. The van der Waals surface area contributed by atoms with Gasteiger partial charge in [-0.2, -0.15) is 0 Å². The normalized spacial score (nSPS) is 14.8. The van der Waals surface area contributed by atoms with Crippen molar-refractivity contribution in [3.05, 3.63) is 205 Å².